The van der Waals surface area contributed by atoms with Gasteiger partial charge in [0.15, 0.2) is 0 Å². The molecule has 0 heterocycles. The maximum Gasteiger partial charge on any atom is 0.275 e. The average molecular weight is 398 g/mol. The van der Waals surface area contributed by atoms with E-state index in [1.165, 1.54) is 0 Å². The van der Waals surface area contributed by atoms with Crippen LogP contribution in [0.3, 0.4) is 0 Å². The lowest BCUT2D eigenvalue weighted by Crippen LogP contribution is -2.42. The molecule has 0 fully saturated rings. The summed E-state index contributed by atoms with van der Waals surface area (Å²) in [5, 5.41) is 0.618. The van der Waals surface area contributed by atoms with Gasteiger partial charge in [-0.25, -0.2) is 10.9 Å². The van der Waals surface area contributed by atoms with Gasteiger partial charge >= 0.3 is 0 Å². The van der Waals surface area contributed by atoms with Crippen LogP contribution >= 0.6 is 31.9 Å². The van der Waals surface area contributed by atoms with Crippen LogP contribution in [-0.2, 0) is 0 Å². The van der Waals surface area contributed by atoms with Gasteiger partial charge in [-0.15, -0.1) is 0 Å². The van der Waals surface area contributed by atoms with Crippen molar-refractivity contribution in [3.63, 3.8) is 0 Å². The van der Waals surface area contributed by atoms with Crippen molar-refractivity contribution in [3.8, 4) is 0 Å². The van der Waals surface area contributed by atoms with Crippen LogP contribution in [0.25, 0.3) is 0 Å². The first-order chi connectivity index (χ1) is 9.49. The molecule has 102 valence electrons. The number of nitrogens with two attached hydrogens (primary N) is 1. The average Bonchev–Trinajstić information content (AvgIpc) is 2.46. The van der Waals surface area contributed by atoms with E-state index in [9.17, 15) is 9.59 Å². The molecule has 0 bridgehead atoms. The van der Waals surface area contributed by atoms with Gasteiger partial charge in [0.25, 0.3) is 11.8 Å². The monoisotopic (exact) mass is 396 g/mol. The van der Waals surface area contributed by atoms with E-state index < -0.39 is 11.8 Å². The van der Waals surface area contributed by atoms with Gasteiger partial charge < -0.3 is 0 Å². The van der Waals surface area contributed by atoms with Crippen LogP contribution in [0, 0.1) is 0 Å². The largest absolute Gasteiger partial charge is 0.275 e. The Balaban J connectivity index is 2.20. The lowest BCUT2D eigenvalue weighted by Gasteiger charge is -2.14. The van der Waals surface area contributed by atoms with E-state index in [-0.39, 0.29) is 0 Å². The Hall–Kier alpha value is -1.50. The van der Waals surface area contributed by atoms with Crippen molar-refractivity contribution in [2.45, 2.75) is 0 Å². The molecule has 0 saturated carbocycles. The van der Waals surface area contributed by atoms with Crippen molar-refractivity contribution >= 4 is 43.7 Å². The number of halogens is 2. The molecular weight excluding hydrogens is 388 g/mol. The highest BCUT2D eigenvalue weighted by Gasteiger charge is 2.20. The molecule has 2 N–H and O–H groups in total. The summed E-state index contributed by atoms with van der Waals surface area (Å²) in [4.78, 5) is 24.2. The highest BCUT2D eigenvalue weighted by atomic mass is 79.9. The Morgan fingerprint density at radius 1 is 0.750 bits per heavy atom. The first kappa shape index (κ1) is 14.9. The molecule has 0 radical (unpaired) electrons. The molecular formula is C14H10Br2N2O2. The summed E-state index contributed by atoms with van der Waals surface area (Å²) in [5.74, 6) is 4.51. The zero-order valence-electron chi connectivity index (χ0n) is 10.2. The lowest BCUT2D eigenvalue weighted by atomic mass is 10.1. The summed E-state index contributed by atoms with van der Waals surface area (Å²) in [6, 6.07) is 13.2. The summed E-state index contributed by atoms with van der Waals surface area (Å²) in [7, 11) is 0. The highest BCUT2D eigenvalue weighted by molar-refractivity contribution is 9.10. The van der Waals surface area contributed by atoms with Crippen molar-refractivity contribution in [1.82, 2.24) is 5.01 Å². The zero-order chi connectivity index (χ0) is 14.7. The van der Waals surface area contributed by atoms with E-state index in [1.54, 1.807) is 48.5 Å². The summed E-state index contributed by atoms with van der Waals surface area (Å²) >= 11 is 6.55. The minimum atomic E-state index is -0.551. The quantitative estimate of drug-likeness (QED) is 0.365. The number of carbonyl (C=O) groups excluding carboxylic acids is 2. The van der Waals surface area contributed by atoms with Gasteiger partial charge in [-0.1, -0.05) is 31.9 Å². The molecule has 2 aromatic rings. The summed E-state index contributed by atoms with van der Waals surface area (Å²) in [6.07, 6.45) is 0. The van der Waals surface area contributed by atoms with Crippen molar-refractivity contribution in [2.75, 3.05) is 0 Å². The van der Waals surface area contributed by atoms with Gasteiger partial charge in [-0.2, -0.15) is 0 Å². The van der Waals surface area contributed by atoms with E-state index in [1.807, 2.05) is 0 Å². The SMILES string of the molecule is NN(C(=O)c1ccc(Br)cc1)C(=O)c1ccc(Br)cc1. The van der Waals surface area contributed by atoms with Crippen LogP contribution < -0.4 is 5.84 Å². The van der Waals surface area contributed by atoms with Gasteiger partial charge in [0.1, 0.15) is 0 Å². The Morgan fingerprint density at radius 3 is 1.35 bits per heavy atom. The van der Waals surface area contributed by atoms with E-state index in [4.69, 9.17) is 5.84 Å². The number of amides is 2. The number of nitrogens with zero attached hydrogens (tertiary/aromatic N) is 1. The fourth-order valence-corrected chi connectivity index (χ4v) is 2.08. The fraction of sp³-hybridized carbons (Fsp3) is 0. The van der Waals surface area contributed by atoms with Crippen LogP contribution in [0.1, 0.15) is 20.7 Å². The maximum absolute atomic E-state index is 12.1. The predicted molar refractivity (Wildman–Crippen MR) is 83.0 cm³/mol. The molecule has 4 nitrogen and oxygen atoms in total. The molecule has 20 heavy (non-hydrogen) atoms. The van der Waals surface area contributed by atoms with Crippen LogP contribution in [0.4, 0.5) is 0 Å². The smallest absolute Gasteiger partial charge is 0.267 e. The number of rotatable bonds is 2. The number of carbonyl (C=O) groups is 2. The predicted octanol–water partition coefficient (Wildman–Crippen LogP) is 3.37. The molecule has 2 aromatic carbocycles. The number of hydrogen-bond acceptors (Lipinski definition) is 3. The van der Waals surface area contributed by atoms with E-state index in [0.717, 1.165) is 8.95 Å². The third-order valence-corrected chi connectivity index (χ3v) is 3.68. The lowest BCUT2D eigenvalue weighted by molar-refractivity contribution is 0.0615. The van der Waals surface area contributed by atoms with Gasteiger partial charge in [0.05, 0.1) is 0 Å². The van der Waals surface area contributed by atoms with Gasteiger partial charge in [0, 0.05) is 20.1 Å². The summed E-state index contributed by atoms with van der Waals surface area (Å²) < 4.78 is 1.69. The van der Waals surface area contributed by atoms with Crippen LogP contribution in [0.2, 0.25) is 0 Å². The number of benzene rings is 2. The van der Waals surface area contributed by atoms with Crippen LogP contribution in [0.15, 0.2) is 57.5 Å². The number of hydrogen-bond donors (Lipinski definition) is 1. The third kappa shape index (κ3) is 3.33. The molecule has 0 aromatic heterocycles. The highest BCUT2D eigenvalue weighted by Crippen LogP contribution is 2.14. The summed E-state index contributed by atoms with van der Waals surface area (Å²) in [5.41, 5.74) is 0.697. The molecule has 0 saturated heterocycles. The topological polar surface area (TPSA) is 63.4 Å². The Morgan fingerprint density at radius 2 is 1.05 bits per heavy atom. The van der Waals surface area contributed by atoms with E-state index in [2.05, 4.69) is 31.9 Å². The normalized spacial score (nSPS) is 10.2. The minimum Gasteiger partial charge on any atom is -0.267 e. The van der Waals surface area contributed by atoms with Crippen molar-refractivity contribution in [2.24, 2.45) is 5.84 Å². The van der Waals surface area contributed by atoms with Gasteiger partial charge in [-0.05, 0) is 48.5 Å². The fourth-order valence-electron chi connectivity index (χ4n) is 1.56. The molecule has 0 unspecified atom stereocenters. The molecule has 6 heteroatoms. The van der Waals surface area contributed by atoms with Crippen molar-refractivity contribution in [1.29, 1.82) is 0 Å². The molecule has 0 aliphatic carbocycles. The zero-order valence-corrected chi connectivity index (χ0v) is 13.4. The molecule has 0 aliphatic rings. The van der Waals surface area contributed by atoms with Crippen molar-refractivity contribution in [3.05, 3.63) is 68.6 Å². The second kappa shape index (κ2) is 6.30. The Bertz CT molecular complexity index is 582. The Labute approximate surface area is 132 Å². The number of imide groups is 1. The minimum absolute atomic E-state index is 0.348. The second-order valence-electron chi connectivity index (χ2n) is 3.99. The molecule has 2 amide bonds. The van der Waals surface area contributed by atoms with Crippen molar-refractivity contribution < 1.29 is 9.59 Å². The van der Waals surface area contributed by atoms with E-state index in [0.29, 0.717) is 16.1 Å². The Kier molecular flexibility index (Phi) is 4.69. The van der Waals surface area contributed by atoms with Crippen LogP contribution in [0.5, 0.6) is 0 Å². The number of hydrazine groups is 1. The first-order valence-electron chi connectivity index (χ1n) is 5.63. The second-order valence-corrected chi connectivity index (χ2v) is 5.83. The van der Waals surface area contributed by atoms with E-state index >= 15 is 0 Å². The molecule has 2 rings (SSSR count). The van der Waals surface area contributed by atoms with Gasteiger partial charge in [0.2, 0.25) is 0 Å². The molecule has 0 spiro atoms. The molecule has 0 aliphatic heterocycles. The molecule has 0 atom stereocenters. The first-order valence-corrected chi connectivity index (χ1v) is 7.22. The van der Waals surface area contributed by atoms with Crippen LogP contribution in [-0.4, -0.2) is 16.8 Å². The van der Waals surface area contributed by atoms with Gasteiger partial charge in [-0.3, -0.25) is 9.59 Å². The summed E-state index contributed by atoms with van der Waals surface area (Å²) in [6.45, 7) is 0. The maximum atomic E-state index is 12.1. The standard InChI is InChI=1S/C14H10Br2N2O2/c15-11-5-1-9(2-6-11)13(19)18(17)14(20)10-3-7-12(16)8-4-10/h1-8H,17H2. The third-order valence-electron chi connectivity index (χ3n) is 2.62.